The molecular weight excluding hydrogens is 513 g/mol. The summed E-state index contributed by atoms with van der Waals surface area (Å²) in [7, 11) is -11.1. The zero-order valence-electron chi connectivity index (χ0n) is 16.8. The molecule has 19 heteroatoms. The normalized spacial score (nSPS) is 20.4. The molecule has 1 atom stereocenters. The Hall–Kier alpha value is -1.76. The number of hydrogen-bond acceptors (Lipinski definition) is 6. The molecule has 1 rings (SSSR count). The third-order valence-corrected chi connectivity index (χ3v) is 7.70. The van der Waals surface area contributed by atoms with E-state index in [1.54, 1.807) is 0 Å². The van der Waals surface area contributed by atoms with Crippen molar-refractivity contribution in [2.24, 2.45) is 0 Å². The number of allylic oxidation sites excluding steroid dienone is 1. The number of quaternary nitrogens is 1. The number of nitrogens with zero attached hydrogens (tertiary/aromatic N) is 3. The number of halogens is 9. The molecule has 0 saturated carbocycles. The number of hydrogen-bond donors (Lipinski definition) is 0. The van der Waals surface area contributed by atoms with Gasteiger partial charge in [-0.3, -0.25) is 4.79 Å². The average molecular weight is 532 g/mol. The lowest BCUT2D eigenvalue weighted by Crippen LogP contribution is -2.55. The number of amides is 1. The maximum atomic E-state index is 12.0. The molecule has 1 amide bonds. The zero-order chi connectivity index (χ0) is 26.1. The largest absolute Gasteiger partial charge is 0.517 e. The fourth-order valence-electron chi connectivity index (χ4n) is 2.33. The Balaban J connectivity index is 0.000000726. The quantitative estimate of drug-likeness (QED) is 0.409. The van der Waals surface area contributed by atoms with Crippen molar-refractivity contribution in [3.63, 3.8) is 0 Å². The van der Waals surface area contributed by atoms with Gasteiger partial charge in [0.25, 0.3) is 0 Å². The van der Waals surface area contributed by atoms with E-state index in [1.807, 2.05) is 0 Å². The van der Waals surface area contributed by atoms with Gasteiger partial charge in [0.2, 0.25) is 0 Å². The van der Waals surface area contributed by atoms with Crippen molar-refractivity contribution in [1.29, 1.82) is 0 Å². The summed E-state index contributed by atoms with van der Waals surface area (Å²) in [4.78, 5) is 10.4. The predicted molar refractivity (Wildman–Crippen MR) is 90.6 cm³/mol. The molecule has 1 aliphatic rings. The summed E-state index contributed by atoms with van der Waals surface area (Å²) < 4.78 is 147. The first-order chi connectivity index (χ1) is 13.9. The fourth-order valence-corrected chi connectivity index (χ4v) is 4.89. The van der Waals surface area contributed by atoms with Crippen molar-refractivity contribution in [3.05, 3.63) is 11.8 Å². The third-order valence-electron chi connectivity index (χ3n) is 4.15. The molecule has 1 aliphatic heterocycles. The van der Waals surface area contributed by atoms with E-state index in [2.05, 4.69) is 39.0 Å². The molecule has 0 spiro atoms. The Morgan fingerprint density at radius 2 is 1.38 bits per heavy atom. The van der Waals surface area contributed by atoms with Gasteiger partial charge in [-0.25, -0.2) is 9.60 Å². The van der Waals surface area contributed by atoms with Gasteiger partial charge in [0.05, 0.1) is 19.8 Å². The minimum atomic E-state index is -7.81. The number of carbonyl (C=O) groups is 1. The Kier molecular flexibility index (Phi) is 8.73. The van der Waals surface area contributed by atoms with Crippen molar-refractivity contribution < 1.29 is 65.7 Å². The lowest BCUT2D eigenvalue weighted by atomic mass is 10.4. The smallest absolute Gasteiger partial charge is 0.262 e. The summed E-state index contributed by atoms with van der Waals surface area (Å²) in [5.74, 6) is -4.39. The topological polar surface area (TPSA) is 91.8 Å². The van der Waals surface area contributed by atoms with E-state index < -0.39 is 46.9 Å². The van der Waals surface area contributed by atoms with E-state index in [4.69, 9.17) is 0 Å². The SMILES string of the molecule is CCC[N+]1(C)CC=C(C)N1C.O=C(N(S(=O)(=O)C(F)(F)F)S(=O)(=O)C(F)(F)F)C(F)(F)F. The van der Waals surface area contributed by atoms with Gasteiger partial charge in [-0.15, -0.1) is 3.71 Å². The van der Waals surface area contributed by atoms with Crippen molar-refractivity contribution in [2.75, 3.05) is 27.2 Å². The van der Waals surface area contributed by atoms with Crippen LogP contribution in [0.25, 0.3) is 0 Å². The number of rotatable bonds is 4. The maximum Gasteiger partial charge on any atom is 0.517 e. The van der Waals surface area contributed by atoms with Gasteiger partial charge in [-0.2, -0.15) is 56.3 Å². The monoisotopic (exact) mass is 532 g/mol. The zero-order valence-corrected chi connectivity index (χ0v) is 18.4. The molecule has 0 aromatic heterocycles. The van der Waals surface area contributed by atoms with Crippen LogP contribution in [0.1, 0.15) is 20.3 Å². The van der Waals surface area contributed by atoms with Crippen LogP contribution in [0, 0.1) is 0 Å². The van der Waals surface area contributed by atoms with Crippen LogP contribution in [0.4, 0.5) is 39.5 Å². The highest BCUT2D eigenvalue weighted by Gasteiger charge is 2.67. The minimum absolute atomic E-state index is 1.06. The summed E-state index contributed by atoms with van der Waals surface area (Å²) in [6.45, 7) is 6.82. The summed E-state index contributed by atoms with van der Waals surface area (Å²) in [6.07, 6.45) is -3.08. The minimum Gasteiger partial charge on any atom is -0.262 e. The Labute approximate surface area is 177 Å². The number of carbonyl (C=O) groups excluding carboxylic acids is 1. The van der Waals surface area contributed by atoms with Crippen LogP contribution >= 0.6 is 0 Å². The van der Waals surface area contributed by atoms with Gasteiger partial charge in [0.15, 0.2) is 0 Å². The van der Waals surface area contributed by atoms with E-state index in [-0.39, 0.29) is 0 Å². The van der Waals surface area contributed by atoms with Crippen LogP contribution in [-0.4, -0.2) is 80.4 Å². The van der Waals surface area contributed by atoms with Crippen molar-refractivity contribution >= 4 is 26.0 Å². The van der Waals surface area contributed by atoms with Crippen LogP contribution in [0.2, 0.25) is 0 Å². The molecule has 0 aromatic carbocycles. The summed E-state index contributed by atoms with van der Waals surface area (Å²) >= 11 is 0. The summed E-state index contributed by atoms with van der Waals surface area (Å²) in [5, 5.41) is 2.35. The molecule has 1 heterocycles. The summed E-state index contributed by atoms with van der Waals surface area (Å²) in [6, 6.07) is 0. The van der Waals surface area contributed by atoms with E-state index >= 15 is 0 Å². The first kappa shape index (κ1) is 30.2. The van der Waals surface area contributed by atoms with Crippen LogP contribution in [0.3, 0.4) is 0 Å². The fraction of sp³-hybridized carbons (Fsp3) is 0.769. The molecule has 8 nitrogen and oxygen atoms in total. The first-order valence-electron chi connectivity index (χ1n) is 8.17. The number of likely N-dealkylation sites (N-methyl/N-ethyl adjacent to an activating group) is 1. The molecule has 190 valence electrons. The molecule has 0 aromatic rings. The molecule has 0 fully saturated rings. The second-order valence-electron chi connectivity index (χ2n) is 6.52. The molecule has 32 heavy (non-hydrogen) atoms. The van der Waals surface area contributed by atoms with E-state index in [0.717, 1.165) is 11.1 Å². The molecule has 0 N–H and O–H groups in total. The van der Waals surface area contributed by atoms with E-state index in [0.29, 0.717) is 0 Å². The van der Waals surface area contributed by atoms with Crippen molar-refractivity contribution in [2.45, 2.75) is 37.5 Å². The van der Waals surface area contributed by atoms with Gasteiger partial charge < -0.3 is 0 Å². The first-order valence-corrected chi connectivity index (χ1v) is 11.1. The predicted octanol–water partition coefficient (Wildman–Crippen LogP) is 2.68. The Morgan fingerprint density at radius 3 is 1.59 bits per heavy atom. The second-order valence-corrected chi connectivity index (χ2v) is 10.3. The van der Waals surface area contributed by atoms with Crippen LogP contribution in [-0.2, 0) is 24.8 Å². The van der Waals surface area contributed by atoms with Crippen LogP contribution in [0.15, 0.2) is 11.8 Å². The van der Waals surface area contributed by atoms with Gasteiger partial charge in [0.1, 0.15) is 13.1 Å². The standard InChI is InChI=1S/C9H19N2.C4F9NO5S2/c1-5-7-11(4)8-6-9(2)10(11)3;5-2(6,7)1(15)14(20(16,17)3(8,9)10)21(18,19)4(11,12)13/h6H,5,7-8H2,1-4H3;/q+1;. The van der Waals surface area contributed by atoms with Crippen LogP contribution in [0.5, 0.6) is 0 Å². The number of sulfonamides is 2. The average Bonchev–Trinajstić information content (AvgIpc) is 2.80. The molecule has 0 aliphatic carbocycles. The van der Waals surface area contributed by atoms with Crippen LogP contribution < -0.4 is 0 Å². The van der Waals surface area contributed by atoms with Gasteiger partial charge in [-0.1, -0.05) is 6.92 Å². The molecule has 0 radical (unpaired) electrons. The maximum absolute atomic E-state index is 12.0. The van der Waals surface area contributed by atoms with Gasteiger partial charge in [0, 0.05) is 0 Å². The van der Waals surface area contributed by atoms with Gasteiger partial charge in [-0.05, 0) is 19.4 Å². The Bertz CT molecular complexity index is 896. The molecule has 0 bridgehead atoms. The molecule has 0 saturated heterocycles. The van der Waals surface area contributed by atoms with Crippen molar-refractivity contribution in [3.8, 4) is 0 Å². The Morgan fingerprint density at radius 1 is 1.00 bits per heavy atom. The summed E-state index contributed by atoms with van der Waals surface area (Å²) in [5.41, 5.74) is -12.4. The van der Waals surface area contributed by atoms with Gasteiger partial charge >= 0.3 is 43.1 Å². The second kappa shape index (κ2) is 9.24. The lowest BCUT2D eigenvalue weighted by molar-refractivity contribution is -0.999. The third kappa shape index (κ3) is 6.18. The molecule has 1 unspecified atom stereocenters. The highest BCUT2D eigenvalue weighted by molar-refractivity contribution is 8.05. The highest BCUT2D eigenvalue weighted by atomic mass is 32.3. The van der Waals surface area contributed by atoms with E-state index in [1.165, 1.54) is 18.7 Å². The van der Waals surface area contributed by atoms with E-state index in [9.17, 15) is 61.1 Å². The molecular formula is C13H19F9N3O5S2+. The highest BCUT2D eigenvalue weighted by Crippen LogP contribution is 2.37. The van der Waals surface area contributed by atoms with Crippen molar-refractivity contribution in [1.82, 2.24) is 8.72 Å². The lowest BCUT2D eigenvalue weighted by Gasteiger charge is -2.37. The number of alkyl halides is 9.